The van der Waals surface area contributed by atoms with Crippen LogP contribution >= 0.6 is 0 Å². The maximum atomic E-state index is 2.35. The molecule has 0 atom stereocenters. The number of nitrogens with zero attached hydrogens (tertiary/aromatic N) is 1. The van der Waals surface area contributed by atoms with Crippen LogP contribution in [0, 0.1) is 41.5 Å². The standard InChI is InChI=1S/C19H25N/c1-12-9-8-10-13(2)18(12)20(7)19-15(4)11-14(3)16(5)17(19)6/h8-11H,1-7H3. The van der Waals surface area contributed by atoms with Crippen LogP contribution in [0.5, 0.6) is 0 Å². The predicted octanol–water partition coefficient (Wildman–Crippen LogP) is 5.31. The van der Waals surface area contributed by atoms with Crippen molar-refractivity contribution in [1.29, 1.82) is 0 Å². The molecule has 0 amide bonds. The van der Waals surface area contributed by atoms with E-state index in [9.17, 15) is 0 Å². The largest absolute Gasteiger partial charge is 0.344 e. The molecule has 1 heteroatoms. The summed E-state index contributed by atoms with van der Waals surface area (Å²) in [6, 6.07) is 8.79. The van der Waals surface area contributed by atoms with Crippen LogP contribution in [0.1, 0.15) is 33.4 Å². The average molecular weight is 267 g/mol. The molecule has 0 aliphatic heterocycles. The van der Waals surface area contributed by atoms with E-state index < -0.39 is 0 Å². The molecule has 20 heavy (non-hydrogen) atoms. The van der Waals surface area contributed by atoms with Crippen LogP contribution in [0.3, 0.4) is 0 Å². The third-order valence-corrected chi connectivity index (χ3v) is 4.43. The van der Waals surface area contributed by atoms with Crippen LogP contribution in [-0.2, 0) is 0 Å². The lowest BCUT2D eigenvalue weighted by Gasteiger charge is -2.28. The molecule has 0 aromatic heterocycles. The second kappa shape index (κ2) is 5.32. The van der Waals surface area contributed by atoms with Crippen molar-refractivity contribution in [1.82, 2.24) is 0 Å². The number of para-hydroxylation sites is 1. The van der Waals surface area contributed by atoms with E-state index in [-0.39, 0.29) is 0 Å². The highest BCUT2D eigenvalue weighted by molar-refractivity contribution is 5.74. The first-order valence-electron chi connectivity index (χ1n) is 7.22. The Labute approximate surface area is 123 Å². The van der Waals surface area contributed by atoms with Gasteiger partial charge in [-0.1, -0.05) is 24.3 Å². The third-order valence-electron chi connectivity index (χ3n) is 4.43. The van der Waals surface area contributed by atoms with Crippen LogP contribution in [0.15, 0.2) is 24.3 Å². The monoisotopic (exact) mass is 267 g/mol. The molecule has 2 aromatic rings. The molecule has 2 aromatic carbocycles. The van der Waals surface area contributed by atoms with Gasteiger partial charge < -0.3 is 4.90 Å². The zero-order valence-electron chi connectivity index (χ0n) is 13.8. The number of hydrogen-bond acceptors (Lipinski definition) is 1. The topological polar surface area (TPSA) is 3.24 Å². The molecule has 2 rings (SSSR count). The summed E-state index contributed by atoms with van der Waals surface area (Å²) < 4.78 is 0. The molecule has 0 radical (unpaired) electrons. The summed E-state index contributed by atoms with van der Waals surface area (Å²) >= 11 is 0. The van der Waals surface area contributed by atoms with Gasteiger partial charge in [-0.3, -0.25) is 0 Å². The Balaban J connectivity index is 2.66. The van der Waals surface area contributed by atoms with Gasteiger partial charge in [-0.2, -0.15) is 0 Å². The van der Waals surface area contributed by atoms with Crippen molar-refractivity contribution in [2.45, 2.75) is 41.5 Å². The number of anilines is 2. The molecule has 0 saturated carbocycles. The predicted molar refractivity (Wildman–Crippen MR) is 89.4 cm³/mol. The van der Waals surface area contributed by atoms with Gasteiger partial charge in [0.05, 0.1) is 0 Å². The van der Waals surface area contributed by atoms with Gasteiger partial charge in [0, 0.05) is 18.4 Å². The minimum atomic E-state index is 1.32. The van der Waals surface area contributed by atoms with E-state index in [0.29, 0.717) is 0 Å². The van der Waals surface area contributed by atoms with Crippen molar-refractivity contribution < 1.29 is 0 Å². The van der Waals surface area contributed by atoms with Gasteiger partial charge in [-0.05, 0) is 74.9 Å². The minimum Gasteiger partial charge on any atom is -0.344 e. The van der Waals surface area contributed by atoms with Gasteiger partial charge >= 0.3 is 0 Å². The molecule has 0 fully saturated rings. The molecule has 0 aliphatic carbocycles. The third kappa shape index (κ3) is 2.33. The van der Waals surface area contributed by atoms with Crippen LogP contribution < -0.4 is 4.90 Å². The number of hydrogen-bond donors (Lipinski definition) is 0. The van der Waals surface area contributed by atoms with Gasteiger partial charge in [0.1, 0.15) is 0 Å². The Morgan fingerprint density at radius 1 is 0.650 bits per heavy atom. The van der Waals surface area contributed by atoms with E-state index >= 15 is 0 Å². The lowest BCUT2D eigenvalue weighted by Crippen LogP contribution is -2.16. The van der Waals surface area contributed by atoms with Crippen molar-refractivity contribution in [2.24, 2.45) is 0 Å². The number of rotatable bonds is 2. The molecular formula is C19H25N. The molecular weight excluding hydrogens is 242 g/mol. The Hall–Kier alpha value is -1.76. The molecule has 0 bridgehead atoms. The summed E-state index contributed by atoms with van der Waals surface area (Å²) in [6.45, 7) is 13.2. The molecule has 0 N–H and O–H groups in total. The van der Waals surface area contributed by atoms with Crippen molar-refractivity contribution in [3.8, 4) is 0 Å². The van der Waals surface area contributed by atoms with Crippen LogP contribution in [0.25, 0.3) is 0 Å². The summed E-state index contributed by atoms with van der Waals surface area (Å²) in [4.78, 5) is 2.35. The lowest BCUT2D eigenvalue weighted by molar-refractivity contribution is 1.11. The smallest absolute Gasteiger partial charge is 0.0470 e. The van der Waals surface area contributed by atoms with E-state index in [1.807, 2.05) is 0 Å². The van der Waals surface area contributed by atoms with E-state index in [0.717, 1.165) is 0 Å². The highest BCUT2D eigenvalue weighted by Gasteiger charge is 2.16. The summed E-state index contributed by atoms with van der Waals surface area (Å²) in [5, 5.41) is 0. The first-order chi connectivity index (χ1) is 9.34. The normalized spacial score (nSPS) is 10.8. The Morgan fingerprint density at radius 3 is 1.75 bits per heavy atom. The summed E-state index contributed by atoms with van der Waals surface area (Å²) in [5.74, 6) is 0. The maximum absolute atomic E-state index is 2.35. The van der Waals surface area contributed by atoms with Crippen LogP contribution in [-0.4, -0.2) is 7.05 Å². The van der Waals surface area contributed by atoms with E-state index in [2.05, 4.69) is 77.8 Å². The van der Waals surface area contributed by atoms with Gasteiger partial charge in [-0.25, -0.2) is 0 Å². The SMILES string of the molecule is Cc1cc(C)c(N(C)c2c(C)cccc2C)c(C)c1C. The minimum absolute atomic E-state index is 1.32. The van der Waals surface area contributed by atoms with Crippen LogP contribution in [0.2, 0.25) is 0 Å². The first-order valence-corrected chi connectivity index (χ1v) is 7.22. The van der Waals surface area contributed by atoms with Crippen molar-refractivity contribution >= 4 is 11.4 Å². The number of benzene rings is 2. The van der Waals surface area contributed by atoms with Gasteiger partial charge in [-0.15, -0.1) is 0 Å². The molecule has 0 unspecified atom stereocenters. The van der Waals surface area contributed by atoms with Gasteiger partial charge in [0.25, 0.3) is 0 Å². The molecule has 0 aliphatic rings. The highest BCUT2D eigenvalue weighted by Crippen LogP contribution is 2.36. The molecule has 1 nitrogen and oxygen atoms in total. The zero-order chi connectivity index (χ0) is 15.0. The summed E-state index contributed by atoms with van der Waals surface area (Å²) in [5.41, 5.74) is 10.8. The Morgan fingerprint density at radius 2 is 1.20 bits per heavy atom. The molecule has 0 spiro atoms. The summed E-state index contributed by atoms with van der Waals surface area (Å²) in [7, 11) is 2.18. The maximum Gasteiger partial charge on any atom is 0.0470 e. The fourth-order valence-electron chi connectivity index (χ4n) is 3.23. The lowest BCUT2D eigenvalue weighted by atomic mass is 9.96. The van der Waals surface area contributed by atoms with Gasteiger partial charge in [0.2, 0.25) is 0 Å². The Kier molecular flexibility index (Phi) is 3.89. The second-order valence-corrected chi connectivity index (χ2v) is 5.91. The molecule has 0 heterocycles. The van der Waals surface area contributed by atoms with E-state index in [1.165, 1.54) is 44.8 Å². The second-order valence-electron chi connectivity index (χ2n) is 5.91. The fraction of sp³-hybridized carbons (Fsp3) is 0.368. The van der Waals surface area contributed by atoms with Crippen molar-refractivity contribution in [3.05, 3.63) is 57.6 Å². The number of aryl methyl sites for hydroxylation is 4. The van der Waals surface area contributed by atoms with E-state index in [4.69, 9.17) is 0 Å². The summed E-state index contributed by atoms with van der Waals surface area (Å²) in [6.07, 6.45) is 0. The Bertz CT molecular complexity index is 633. The molecule has 0 saturated heterocycles. The first kappa shape index (κ1) is 14.6. The average Bonchev–Trinajstić information content (AvgIpc) is 2.36. The van der Waals surface area contributed by atoms with E-state index in [1.54, 1.807) is 0 Å². The zero-order valence-corrected chi connectivity index (χ0v) is 13.8. The van der Waals surface area contributed by atoms with Crippen LogP contribution in [0.4, 0.5) is 11.4 Å². The van der Waals surface area contributed by atoms with Crippen molar-refractivity contribution in [3.63, 3.8) is 0 Å². The van der Waals surface area contributed by atoms with Gasteiger partial charge in [0.15, 0.2) is 0 Å². The van der Waals surface area contributed by atoms with Crippen molar-refractivity contribution in [2.75, 3.05) is 11.9 Å². The molecule has 106 valence electrons. The fourth-order valence-corrected chi connectivity index (χ4v) is 3.23. The highest BCUT2D eigenvalue weighted by atomic mass is 15.1. The quantitative estimate of drug-likeness (QED) is 0.713.